The molecule has 1 fully saturated rings. The van der Waals surface area contributed by atoms with Gasteiger partial charge in [-0.2, -0.15) is 0 Å². The molecule has 0 bridgehead atoms. The second-order valence-corrected chi connectivity index (χ2v) is 6.93. The SMILES string of the molecule is CCC(CCCl)CNC(=O)C1(CC(C)C)CCCC1. The Labute approximate surface area is 123 Å². The third kappa shape index (κ3) is 4.98. The Morgan fingerprint density at radius 1 is 1.32 bits per heavy atom. The minimum Gasteiger partial charge on any atom is -0.355 e. The number of hydrogen-bond donors (Lipinski definition) is 1. The molecule has 0 aromatic carbocycles. The Balaban J connectivity index is 2.53. The summed E-state index contributed by atoms with van der Waals surface area (Å²) in [5.41, 5.74) is -0.0760. The van der Waals surface area contributed by atoms with Crippen molar-refractivity contribution >= 4 is 17.5 Å². The van der Waals surface area contributed by atoms with Gasteiger partial charge in [0.25, 0.3) is 0 Å². The second-order valence-electron chi connectivity index (χ2n) is 6.55. The maximum Gasteiger partial charge on any atom is 0.226 e. The molecule has 19 heavy (non-hydrogen) atoms. The molecule has 1 rings (SSSR count). The molecule has 1 aliphatic carbocycles. The normalized spacial score (nSPS) is 19.6. The van der Waals surface area contributed by atoms with Gasteiger partial charge in [0, 0.05) is 17.8 Å². The van der Waals surface area contributed by atoms with Gasteiger partial charge in [-0.05, 0) is 37.5 Å². The highest BCUT2D eigenvalue weighted by molar-refractivity contribution is 6.17. The van der Waals surface area contributed by atoms with Crippen LogP contribution in [0, 0.1) is 17.3 Å². The smallest absolute Gasteiger partial charge is 0.226 e. The highest BCUT2D eigenvalue weighted by atomic mass is 35.5. The summed E-state index contributed by atoms with van der Waals surface area (Å²) in [6, 6.07) is 0. The fraction of sp³-hybridized carbons (Fsp3) is 0.938. The van der Waals surface area contributed by atoms with Crippen LogP contribution in [-0.4, -0.2) is 18.3 Å². The Morgan fingerprint density at radius 3 is 2.42 bits per heavy atom. The minimum absolute atomic E-state index is 0.0760. The molecule has 0 aromatic heterocycles. The second kappa shape index (κ2) is 8.14. The van der Waals surface area contributed by atoms with E-state index in [1.54, 1.807) is 0 Å². The van der Waals surface area contributed by atoms with Gasteiger partial charge in [0.1, 0.15) is 0 Å². The third-order valence-corrected chi connectivity index (χ3v) is 4.71. The molecular weight excluding hydrogens is 258 g/mol. The van der Waals surface area contributed by atoms with Crippen molar-refractivity contribution in [2.75, 3.05) is 12.4 Å². The average Bonchev–Trinajstić information content (AvgIpc) is 2.82. The summed E-state index contributed by atoms with van der Waals surface area (Å²) < 4.78 is 0. The fourth-order valence-electron chi connectivity index (χ4n) is 3.39. The van der Waals surface area contributed by atoms with Gasteiger partial charge in [0.05, 0.1) is 0 Å². The van der Waals surface area contributed by atoms with Crippen molar-refractivity contribution < 1.29 is 4.79 Å². The highest BCUT2D eigenvalue weighted by Crippen LogP contribution is 2.43. The van der Waals surface area contributed by atoms with Crippen LogP contribution in [0.15, 0.2) is 0 Å². The van der Waals surface area contributed by atoms with E-state index in [4.69, 9.17) is 11.6 Å². The number of alkyl halides is 1. The molecule has 0 radical (unpaired) electrons. The van der Waals surface area contributed by atoms with E-state index in [2.05, 4.69) is 26.1 Å². The van der Waals surface area contributed by atoms with E-state index in [1.165, 1.54) is 12.8 Å². The van der Waals surface area contributed by atoms with Crippen LogP contribution in [-0.2, 0) is 4.79 Å². The standard InChI is InChI=1S/C16H30ClNO/c1-4-14(7-10-17)12-18-15(19)16(11-13(2)3)8-5-6-9-16/h13-14H,4-12H2,1-3H3,(H,18,19). The molecule has 1 unspecified atom stereocenters. The Morgan fingerprint density at radius 2 is 1.95 bits per heavy atom. The van der Waals surface area contributed by atoms with Crippen LogP contribution in [0.1, 0.15) is 65.7 Å². The zero-order valence-corrected chi connectivity index (χ0v) is 13.6. The summed E-state index contributed by atoms with van der Waals surface area (Å²) in [6.45, 7) is 7.40. The summed E-state index contributed by atoms with van der Waals surface area (Å²) in [6.07, 6.45) is 7.68. The number of amides is 1. The van der Waals surface area contributed by atoms with Crippen LogP contribution in [0.3, 0.4) is 0 Å². The monoisotopic (exact) mass is 287 g/mol. The van der Waals surface area contributed by atoms with E-state index in [0.29, 0.717) is 23.6 Å². The molecule has 1 N–H and O–H groups in total. The fourth-order valence-corrected chi connectivity index (χ4v) is 3.70. The first-order valence-electron chi connectivity index (χ1n) is 7.88. The molecule has 0 spiro atoms. The topological polar surface area (TPSA) is 29.1 Å². The minimum atomic E-state index is -0.0760. The van der Waals surface area contributed by atoms with E-state index in [0.717, 1.165) is 38.6 Å². The Kier molecular flexibility index (Phi) is 7.20. The van der Waals surface area contributed by atoms with E-state index in [-0.39, 0.29) is 5.41 Å². The molecule has 1 aliphatic rings. The van der Waals surface area contributed by atoms with Crippen molar-refractivity contribution in [1.29, 1.82) is 0 Å². The van der Waals surface area contributed by atoms with Crippen molar-refractivity contribution in [2.24, 2.45) is 17.3 Å². The van der Waals surface area contributed by atoms with Crippen LogP contribution < -0.4 is 5.32 Å². The van der Waals surface area contributed by atoms with Crippen LogP contribution in [0.5, 0.6) is 0 Å². The number of rotatable bonds is 8. The molecule has 0 heterocycles. The van der Waals surface area contributed by atoms with Gasteiger partial charge in [-0.1, -0.05) is 40.0 Å². The summed E-state index contributed by atoms with van der Waals surface area (Å²) in [4.78, 5) is 12.6. The van der Waals surface area contributed by atoms with Gasteiger partial charge in [0.15, 0.2) is 0 Å². The largest absolute Gasteiger partial charge is 0.355 e. The molecule has 0 aliphatic heterocycles. The lowest BCUT2D eigenvalue weighted by atomic mass is 9.77. The third-order valence-electron chi connectivity index (χ3n) is 4.49. The molecular formula is C16H30ClNO. The molecule has 1 atom stereocenters. The predicted octanol–water partition coefficient (Wildman–Crippen LogP) is 4.36. The van der Waals surface area contributed by atoms with Crippen LogP contribution in [0.4, 0.5) is 0 Å². The van der Waals surface area contributed by atoms with E-state index in [1.807, 2.05) is 0 Å². The van der Waals surface area contributed by atoms with Crippen molar-refractivity contribution in [3.8, 4) is 0 Å². The number of carbonyl (C=O) groups is 1. The van der Waals surface area contributed by atoms with E-state index < -0.39 is 0 Å². The first kappa shape index (κ1) is 16.8. The first-order chi connectivity index (χ1) is 9.04. The average molecular weight is 288 g/mol. The van der Waals surface area contributed by atoms with Crippen LogP contribution in [0.25, 0.3) is 0 Å². The van der Waals surface area contributed by atoms with E-state index >= 15 is 0 Å². The zero-order chi connectivity index (χ0) is 14.3. The van der Waals surface area contributed by atoms with Gasteiger partial charge < -0.3 is 5.32 Å². The predicted molar refractivity (Wildman–Crippen MR) is 82.5 cm³/mol. The van der Waals surface area contributed by atoms with Gasteiger partial charge in [-0.3, -0.25) is 4.79 Å². The number of hydrogen-bond acceptors (Lipinski definition) is 1. The summed E-state index contributed by atoms with van der Waals surface area (Å²) in [5.74, 6) is 2.10. The molecule has 112 valence electrons. The quantitative estimate of drug-likeness (QED) is 0.660. The molecule has 0 aromatic rings. The molecule has 1 saturated carbocycles. The van der Waals surface area contributed by atoms with Gasteiger partial charge in [0.2, 0.25) is 5.91 Å². The van der Waals surface area contributed by atoms with Gasteiger partial charge in [-0.25, -0.2) is 0 Å². The first-order valence-corrected chi connectivity index (χ1v) is 8.41. The number of nitrogens with one attached hydrogen (secondary N) is 1. The maximum atomic E-state index is 12.6. The molecule has 3 heteroatoms. The summed E-state index contributed by atoms with van der Waals surface area (Å²) in [5, 5.41) is 3.21. The number of carbonyl (C=O) groups excluding carboxylic acids is 1. The lowest BCUT2D eigenvalue weighted by Gasteiger charge is -2.30. The maximum absolute atomic E-state index is 12.6. The lowest BCUT2D eigenvalue weighted by Crippen LogP contribution is -2.42. The van der Waals surface area contributed by atoms with Gasteiger partial charge >= 0.3 is 0 Å². The van der Waals surface area contributed by atoms with Crippen LogP contribution >= 0.6 is 11.6 Å². The molecule has 1 amide bonds. The van der Waals surface area contributed by atoms with Crippen LogP contribution in [0.2, 0.25) is 0 Å². The van der Waals surface area contributed by atoms with Gasteiger partial charge in [-0.15, -0.1) is 11.6 Å². The van der Waals surface area contributed by atoms with Crippen molar-refractivity contribution in [3.63, 3.8) is 0 Å². The summed E-state index contributed by atoms with van der Waals surface area (Å²) in [7, 11) is 0. The Bertz CT molecular complexity index is 272. The van der Waals surface area contributed by atoms with E-state index in [9.17, 15) is 4.79 Å². The summed E-state index contributed by atoms with van der Waals surface area (Å²) >= 11 is 5.80. The number of halogens is 1. The highest BCUT2D eigenvalue weighted by Gasteiger charge is 2.41. The lowest BCUT2D eigenvalue weighted by molar-refractivity contribution is -0.132. The molecule has 2 nitrogen and oxygen atoms in total. The zero-order valence-electron chi connectivity index (χ0n) is 12.8. The molecule has 0 saturated heterocycles. The van der Waals surface area contributed by atoms with Crippen molar-refractivity contribution in [1.82, 2.24) is 5.32 Å². The van der Waals surface area contributed by atoms with Crippen molar-refractivity contribution in [2.45, 2.75) is 65.7 Å². The van der Waals surface area contributed by atoms with Crippen molar-refractivity contribution in [3.05, 3.63) is 0 Å². The Hall–Kier alpha value is -0.240.